The van der Waals surface area contributed by atoms with Crippen molar-refractivity contribution in [2.24, 2.45) is 0 Å². The van der Waals surface area contributed by atoms with Gasteiger partial charge in [-0.25, -0.2) is 13.2 Å². The van der Waals surface area contributed by atoms with Crippen molar-refractivity contribution in [2.75, 3.05) is 37.7 Å². The van der Waals surface area contributed by atoms with Crippen molar-refractivity contribution in [2.45, 2.75) is 25.0 Å². The number of amides is 1. The molecule has 2 fully saturated rings. The topological polar surface area (TPSA) is 104 Å². The second-order valence-electron chi connectivity index (χ2n) is 10.2. The molecule has 2 aromatic heterocycles. The van der Waals surface area contributed by atoms with Crippen LogP contribution < -0.4 is 9.64 Å². The maximum absolute atomic E-state index is 16.4. The third-order valence-corrected chi connectivity index (χ3v) is 8.00. The van der Waals surface area contributed by atoms with Crippen molar-refractivity contribution in [3.63, 3.8) is 0 Å². The summed E-state index contributed by atoms with van der Waals surface area (Å²) in [6.45, 7) is 4.23. The van der Waals surface area contributed by atoms with Crippen LogP contribution in [0.5, 0.6) is 6.01 Å². The predicted molar refractivity (Wildman–Crippen MR) is 153 cm³/mol. The van der Waals surface area contributed by atoms with Crippen LogP contribution in [-0.4, -0.2) is 70.8 Å². The fourth-order valence-corrected chi connectivity index (χ4v) is 5.63. The number of carbonyl (C=O) groups excluding carboxylic acids is 1. The number of aromatic nitrogens is 3. The summed E-state index contributed by atoms with van der Waals surface area (Å²) >= 11 is 6.32. The zero-order valence-electron chi connectivity index (χ0n) is 22.7. The normalized spacial score (nSPS) is 18.4. The molecule has 220 valence electrons. The Kier molecular flexibility index (Phi) is 7.77. The van der Waals surface area contributed by atoms with Crippen molar-refractivity contribution in [3.05, 3.63) is 65.6 Å². The van der Waals surface area contributed by atoms with E-state index in [9.17, 15) is 18.8 Å². The molecule has 1 amide bonds. The van der Waals surface area contributed by atoms with E-state index >= 15 is 4.39 Å². The molecule has 2 saturated heterocycles. The zero-order valence-corrected chi connectivity index (χ0v) is 23.5. The van der Waals surface area contributed by atoms with Gasteiger partial charge in [-0.05, 0) is 11.5 Å². The Morgan fingerprint density at radius 3 is 2.77 bits per heavy atom. The SMILES string of the molecule is C=C(F)C(=O)N1CCN(c2nc(OCC3CCO3)nc3c(F)c(-c4cccc5ccc(F)c(Cl)c45)ncc23)C[C@@H]1CC#N. The van der Waals surface area contributed by atoms with Gasteiger partial charge in [-0.2, -0.15) is 15.2 Å². The molecule has 2 aliphatic rings. The number of ether oxygens (including phenoxy) is 2. The largest absolute Gasteiger partial charge is 0.461 e. The van der Waals surface area contributed by atoms with E-state index in [0.29, 0.717) is 17.4 Å². The van der Waals surface area contributed by atoms with Crippen LogP contribution in [0.3, 0.4) is 0 Å². The number of hydrogen-bond acceptors (Lipinski definition) is 8. The maximum atomic E-state index is 16.4. The number of halogens is 4. The van der Waals surface area contributed by atoms with Gasteiger partial charge in [0.1, 0.15) is 29.5 Å². The quantitative estimate of drug-likeness (QED) is 0.258. The first-order valence-electron chi connectivity index (χ1n) is 13.5. The summed E-state index contributed by atoms with van der Waals surface area (Å²) in [4.78, 5) is 28.8. The van der Waals surface area contributed by atoms with E-state index in [2.05, 4.69) is 21.5 Å². The Morgan fingerprint density at radius 1 is 1.23 bits per heavy atom. The average Bonchev–Trinajstić information content (AvgIpc) is 2.98. The summed E-state index contributed by atoms with van der Waals surface area (Å²) in [6, 6.07) is 9.06. The lowest BCUT2D eigenvalue weighted by Crippen LogP contribution is -2.55. The van der Waals surface area contributed by atoms with Gasteiger partial charge in [0, 0.05) is 49.8 Å². The molecule has 0 saturated carbocycles. The van der Waals surface area contributed by atoms with Gasteiger partial charge in [0.15, 0.2) is 11.6 Å². The number of nitrogens with zero attached hydrogens (tertiary/aromatic N) is 6. The molecule has 0 spiro atoms. The van der Waals surface area contributed by atoms with Crippen LogP contribution in [0.15, 0.2) is 48.9 Å². The predicted octanol–water partition coefficient (Wildman–Crippen LogP) is 5.36. The lowest BCUT2D eigenvalue weighted by atomic mass is 10.0. The summed E-state index contributed by atoms with van der Waals surface area (Å²) in [5.41, 5.74) is 0.0823. The van der Waals surface area contributed by atoms with Gasteiger partial charge in [0.2, 0.25) is 0 Å². The van der Waals surface area contributed by atoms with Crippen molar-refractivity contribution in [3.8, 4) is 23.3 Å². The number of hydrogen-bond donors (Lipinski definition) is 0. The molecule has 2 aromatic carbocycles. The minimum Gasteiger partial charge on any atom is -0.461 e. The molecule has 4 heterocycles. The monoisotopic (exact) mass is 608 g/mol. The molecule has 0 aliphatic carbocycles. The molecule has 2 aliphatic heterocycles. The van der Waals surface area contributed by atoms with E-state index in [1.165, 1.54) is 17.2 Å². The number of anilines is 1. The Hall–Kier alpha value is -4.47. The van der Waals surface area contributed by atoms with E-state index in [1.54, 1.807) is 29.2 Å². The summed E-state index contributed by atoms with van der Waals surface area (Å²) in [7, 11) is 0. The van der Waals surface area contributed by atoms with Crippen molar-refractivity contribution in [1.82, 2.24) is 19.9 Å². The third kappa shape index (κ3) is 5.30. The minimum atomic E-state index is -1.12. The molecule has 13 heteroatoms. The van der Waals surface area contributed by atoms with E-state index in [0.717, 1.165) is 6.42 Å². The second kappa shape index (κ2) is 11.7. The zero-order chi connectivity index (χ0) is 30.2. The van der Waals surface area contributed by atoms with Gasteiger partial charge >= 0.3 is 6.01 Å². The van der Waals surface area contributed by atoms with Gasteiger partial charge < -0.3 is 19.3 Å². The Bertz CT molecular complexity index is 1810. The molecule has 0 radical (unpaired) electrons. The van der Waals surface area contributed by atoms with Crippen LogP contribution in [0.2, 0.25) is 5.02 Å². The average molecular weight is 609 g/mol. The summed E-state index contributed by atoms with van der Waals surface area (Å²) in [5, 5.41) is 10.4. The molecule has 9 nitrogen and oxygen atoms in total. The third-order valence-electron chi connectivity index (χ3n) is 7.63. The molecule has 4 aromatic rings. The highest BCUT2D eigenvalue weighted by atomic mass is 35.5. The van der Waals surface area contributed by atoms with Crippen molar-refractivity contribution >= 4 is 45.0 Å². The molecular weight excluding hydrogens is 585 g/mol. The molecular formula is C30H24ClF3N6O3. The van der Waals surface area contributed by atoms with Gasteiger partial charge in [-0.1, -0.05) is 42.4 Å². The molecule has 0 bridgehead atoms. The number of nitriles is 1. The number of rotatable bonds is 7. The van der Waals surface area contributed by atoms with Crippen LogP contribution in [0.1, 0.15) is 12.8 Å². The molecule has 1 unspecified atom stereocenters. The minimum absolute atomic E-state index is 0.0692. The molecule has 0 N–H and O–H groups in total. The first-order chi connectivity index (χ1) is 20.8. The molecule has 2 atom stereocenters. The number of fused-ring (bicyclic) bond motifs is 2. The smallest absolute Gasteiger partial charge is 0.319 e. The lowest BCUT2D eigenvalue weighted by molar-refractivity contribution is -0.131. The second-order valence-corrected chi connectivity index (χ2v) is 10.6. The number of carbonyl (C=O) groups is 1. The van der Waals surface area contributed by atoms with Crippen LogP contribution in [-0.2, 0) is 9.53 Å². The first-order valence-corrected chi connectivity index (χ1v) is 13.9. The number of benzene rings is 2. The van der Waals surface area contributed by atoms with Gasteiger partial charge in [0.05, 0.1) is 35.0 Å². The number of pyridine rings is 1. The van der Waals surface area contributed by atoms with Crippen LogP contribution in [0.25, 0.3) is 32.9 Å². The van der Waals surface area contributed by atoms with E-state index < -0.39 is 29.4 Å². The fourth-order valence-electron chi connectivity index (χ4n) is 5.36. The Morgan fingerprint density at radius 2 is 2.05 bits per heavy atom. The van der Waals surface area contributed by atoms with Crippen molar-refractivity contribution < 1.29 is 27.4 Å². The highest BCUT2D eigenvalue weighted by Crippen LogP contribution is 2.38. The maximum Gasteiger partial charge on any atom is 0.319 e. The summed E-state index contributed by atoms with van der Waals surface area (Å²) < 4.78 is 55.8. The van der Waals surface area contributed by atoms with E-state index in [4.69, 9.17) is 21.1 Å². The first kappa shape index (κ1) is 28.6. The Balaban J connectivity index is 1.46. The standard InChI is InChI=1S/C30H24ClF3N6O3/c1-16(32)29(41)40-11-10-39(14-18(40)7-9-35)28-21-13-36-26(20-4-2-3-17-5-6-22(33)24(31)23(17)20)25(34)27(21)37-30(38-28)43-15-19-8-12-42-19/h2-6,13,18-19H,1,7-8,10-12,14-15H2/t18-,19?/m0/s1. The van der Waals surface area contributed by atoms with E-state index in [-0.39, 0.29) is 77.8 Å². The van der Waals surface area contributed by atoms with Gasteiger partial charge in [-0.3, -0.25) is 9.78 Å². The van der Waals surface area contributed by atoms with Crippen LogP contribution in [0, 0.1) is 23.0 Å². The molecule has 43 heavy (non-hydrogen) atoms. The fraction of sp³-hybridized carbons (Fsp3) is 0.300. The van der Waals surface area contributed by atoms with Crippen molar-refractivity contribution in [1.29, 1.82) is 5.26 Å². The van der Waals surface area contributed by atoms with Gasteiger partial charge in [0.25, 0.3) is 5.91 Å². The van der Waals surface area contributed by atoms with Crippen LogP contribution >= 0.6 is 11.6 Å². The lowest BCUT2D eigenvalue weighted by Gasteiger charge is -2.41. The van der Waals surface area contributed by atoms with Gasteiger partial charge in [-0.15, -0.1) is 0 Å². The summed E-state index contributed by atoms with van der Waals surface area (Å²) in [6.07, 6.45) is 1.99. The summed E-state index contributed by atoms with van der Waals surface area (Å²) in [5.74, 6) is -3.19. The van der Waals surface area contributed by atoms with E-state index in [1.807, 2.05) is 6.07 Å². The Labute approximate surface area is 249 Å². The highest BCUT2D eigenvalue weighted by molar-refractivity contribution is 6.36. The number of piperazine rings is 1. The highest BCUT2D eigenvalue weighted by Gasteiger charge is 2.34. The van der Waals surface area contributed by atoms with Crippen LogP contribution in [0.4, 0.5) is 19.0 Å². The molecule has 6 rings (SSSR count).